The molecule has 0 aliphatic heterocycles. The van der Waals surface area contributed by atoms with Crippen LogP contribution in [0.3, 0.4) is 0 Å². The van der Waals surface area contributed by atoms with Gasteiger partial charge in [-0.25, -0.2) is 4.98 Å². The van der Waals surface area contributed by atoms with Gasteiger partial charge in [-0.15, -0.1) is 0 Å². The molecule has 4 rings (SSSR count). The second-order valence-electron chi connectivity index (χ2n) is 6.20. The Labute approximate surface area is 151 Å². The predicted molar refractivity (Wildman–Crippen MR) is 105 cm³/mol. The molecule has 0 saturated heterocycles. The SMILES string of the molecule is O=C(Cc1c[nH]c2ccccc12)NCCNc1ccc2ccccc2n1. The van der Waals surface area contributed by atoms with Crippen molar-refractivity contribution in [2.24, 2.45) is 0 Å². The number of fused-ring (bicyclic) bond motifs is 2. The molecule has 1 amide bonds. The number of hydrogen-bond donors (Lipinski definition) is 3. The van der Waals surface area contributed by atoms with Gasteiger partial charge in [0.2, 0.25) is 5.91 Å². The maximum absolute atomic E-state index is 12.2. The Kier molecular flexibility index (Phi) is 4.51. The van der Waals surface area contributed by atoms with Crippen molar-refractivity contribution in [2.45, 2.75) is 6.42 Å². The van der Waals surface area contributed by atoms with E-state index in [-0.39, 0.29) is 5.91 Å². The third-order valence-corrected chi connectivity index (χ3v) is 4.38. The lowest BCUT2D eigenvalue weighted by molar-refractivity contribution is -0.120. The maximum Gasteiger partial charge on any atom is 0.224 e. The van der Waals surface area contributed by atoms with Gasteiger partial charge in [-0.2, -0.15) is 0 Å². The average Bonchev–Trinajstić information content (AvgIpc) is 3.08. The minimum atomic E-state index is 0.0167. The molecule has 0 radical (unpaired) electrons. The van der Waals surface area contributed by atoms with Gasteiger partial charge in [-0.3, -0.25) is 4.79 Å². The summed E-state index contributed by atoms with van der Waals surface area (Å²) in [6, 6.07) is 20.0. The average molecular weight is 344 g/mol. The molecule has 5 nitrogen and oxygen atoms in total. The van der Waals surface area contributed by atoms with Crippen LogP contribution >= 0.6 is 0 Å². The standard InChI is InChI=1S/C21H20N4O/c26-21(13-16-14-24-19-8-4-2-6-17(16)19)23-12-11-22-20-10-9-15-5-1-3-7-18(15)25-20/h1-10,14,24H,11-13H2,(H,22,25)(H,23,26). The first kappa shape index (κ1) is 16.1. The molecule has 2 aromatic heterocycles. The fourth-order valence-corrected chi connectivity index (χ4v) is 3.07. The van der Waals surface area contributed by atoms with Gasteiger partial charge in [-0.1, -0.05) is 36.4 Å². The van der Waals surface area contributed by atoms with Gasteiger partial charge in [0.05, 0.1) is 11.9 Å². The van der Waals surface area contributed by atoms with Crippen molar-refractivity contribution in [1.82, 2.24) is 15.3 Å². The molecule has 26 heavy (non-hydrogen) atoms. The largest absolute Gasteiger partial charge is 0.368 e. The van der Waals surface area contributed by atoms with Crippen molar-refractivity contribution in [2.75, 3.05) is 18.4 Å². The molecule has 5 heteroatoms. The van der Waals surface area contributed by atoms with Gasteiger partial charge in [0.25, 0.3) is 0 Å². The zero-order chi connectivity index (χ0) is 17.8. The Bertz CT molecular complexity index is 1050. The second kappa shape index (κ2) is 7.27. The van der Waals surface area contributed by atoms with E-state index in [1.165, 1.54) is 0 Å². The van der Waals surface area contributed by atoms with Gasteiger partial charge in [-0.05, 0) is 29.8 Å². The van der Waals surface area contributed by atoms with Crippen LogP contribution in [0.2, 0.25) is 0 Å². The zero-order valence-corrected chi connectivity index (χ0v) is 14.3. The molecule has 0 aliphatic rings. The summed E-state index contributed by atoms with van der Waals surface area (Å²) in [5.74, 6) is 0.831. The van der Waals surface area contributed by atoms with E-state index >= 15 is 0 Å². The molecule has 3 N–H and O–H groups in total. The van der Waals surface area contributed by atoms with E-state index in [4.69, 9.17) is 0 Å². The van der Waals surface area contributed by atoms with Crippen LogP contribution in [0.1, 0.15) is 5.56 Å². The number of anilines is 1. The Balaban J connectivity index is 1.28. The van der Waals surface area contributed by atoms with Crippen LogP contribution < -0.4 is 10.6 Å². The summed E-state index contributed by atoms with van der Waals surface area (Å²) in [7, 11) is 0. The van der Waals surface area contributed by atoms with Crippen LogP contribution in [0.4, 0.5) is 5.82 Å². The van der Waals surface area contributed by atoms with Crippen LogP contribution in [-0.2, 0) is 11.2 Å². The summed E-state index contributed by atoms with van der Waals surface area (Å²) >= 11 is 0. The number of aromatic nitrogens is 2. The number of hydrogen-bond acceptors (Lipinski definition) is 3. The summed E-state index contributed by atoms with van der Waals surface area (Å²) < 4.78 is 0. The number of nitrogens with one attached hydrogen (secondary N) is 3. The monoisotopic (exact) mass is 344 g/mol. The Morgan fingerprint density at radius 3 is 2.77 bits per heavy atom. The first-order valence-electron chi connectivity index (χ1n) is 8.71. The Morgan fingerprint density at radius 1 is 0.962 bits per heavy atom. The minimum absolute atomic E-state index is 0.0167. The van der Waals surface area contributed by atoms with E-state index < -0.39 is 0 Å². The van der Waals surface area contributed by atoms with E-state index in [1.54, 1.807) is 0 Å². The third kappa shape index (κ3) is 3.52. The molecule has 4 aromatic rings. The van der Waals surface area contributed by atoms with Crippen LogP contribution in [0, 0.1) is 0 Å². The fourth-order valence-electron chi connectivity index (χ4n) is 3.07. The Hall–Kier alpha value is -3.34. The lowest BCUT2D eigenvalue weighted by Crippen LogP contribution is -2.30. The fraction of sp³-hybridized carbons (Fsp3) is 0.143. The summed E-state index contributed by atoms with van der Waals surface area (Å²) in [5.41, 5.74) is 3.03. The van der Waals surface area contributed by atoms with Crippen LogP contribution in [0.25, 0.3) is 21.8 Å². The van der Waals surface area contributed by atoms with E-state index in [9.17, 15) is 4.79 Å². The van der Waals surface area contributed by atoms with Crippen molar-refractivity contribution in [3.8, 4) is 0 Å². The maximum atomic E-state index is 12.2. The van der Waals surface area contributed by atoms with Gasteiger partial charge in [0, 0.05) is 35.6 Å². The van der Waals surface area contributed by atoms with Gasteiger partial charge >= 0.3 is 0 Å². The quantitative estimate of drug-likeness (QED) is 0.469. The van der Waals surface area contributed by atoms with Crippen LogP contribution in [0.5, 0.6) is 0 Å². The van der Waals surface area contributed by atoms with E-state index in [1.807, 2.05) is 66.9 Å². The van der Waals surface area contributed by atoms with Gasteiger partial charge < -0.3 is 15.6 Å². The molecule has 130 valence electrons. The number of carbonyl (C=O) groups is 1. The van der Waals surface area contributed by atoms with Crippen LogP contribution in [-0.4, -0.2) is 29.0 Å². The molecule has 0 fully saturated rings. The second-order valence-corrected chi connectivity index (χ2v) is 6.20. The normalized spacial score (nSPS) is 10.9. The number of amides is 1. The molecule has 0 spiro atoms. The Morgan fingerprint density at radius 2 is 1.81 bits per heavy atom. The number of pyridine rings is 1. The number of aromatic amines is 1. The summed E-state index contributed by atoms with van der Waals surface area (Å²) in [6.45, 7) is 1.18. The predicted octanol–water partition coefficient (Wildman–Crippen LogP) is 3.49. The number of para-hydroxylation sites is 2. The first-order chi connectivity index (χ1) is 12.8. The van der Waals surface area contributed by atoms with Crippen molar-refractivity contribution in [1.29, 1.82) is 0 Å². The van der Waals surface area contributed by atoms with Crippen molar-refractivity contribution in [3.05, 3.63) is 72.4 Å². The highest BCUT2D eigenvalue weighted by atomic mass is 16.1. The van der Waals surface area contributed by atoms with Crippen molar-refractivity contribution in [3.63, 3.8) is 0 Å². The van der Waals surface area contributed by atoms with Crippen LogP contribution in [0.15, 0.2) is 66.9 Å². The third-order valence-electron chi connectivity index (χ3n) is 4.38. The lowest BCUT2D eigenvalue weighted by atomic mass is 10.1. The molecular formula is C21H20N4O. The number of rotatable bonds is 6. The highest BCUT2D eigenvalue weighted by molar-refractivity contribution is 5.88. The molecule has 0 unspecified atom stereocenters. The molecule has 0 atom stereocenters. The van der Waals surface area contributed by atoms with E-state index in [0.717, 1.165) is 33.2 Å². The molecule has 0 saturated carbocycles. The lowest BCUT2D eigenvalue weighted by Gasteiger charge is -2.08. The summed E-state index contributed by atoms with van der Waals surface area (Å²) in [5, 5.41) is 8.41. The minimum Gasteiger partial charge on any atom is -0.368 e. The number of benzene rings is 2. The summed E-state index contributed by atoms with van der Waals surface area (Å²) in [6.07, 6.45) is 2.28. The first-order valence-corrected chi connectivity index (χ1v) is 8.71. The molecule has 0 bridgehead atoms. The highest BCUT2D eigenvalue weighted by Gasteiger charge is 2.08. The van der Waals surface area contributed by atoms with E-state index in [0.29, 0.717) is 19.5 Å². The molecule has 2 aromatic carbocycles. The van der Waals surface area contributed by atoms with Gasteiger partial charge in [0.1, 0.15) is 5.82 Å². The molecule has 2 heterocycles. The number of nitrogens with zero attached hydrogens (tertiary/aromatic N) is 1. The van der Waals surface area contributed by atoms with Crippen molar-refractivity contribution < 1.29 is 4.79 Å². The zero-order valence-electron chi connectivity index (χ0n) is 14.3. The summed E-state index contributed by atoms with van der Waals surface area (Å²) in [4.78, 5) is 19.9. The van der Waals surface area contributed by atoms with Crippen molar-refractivity contribution >= 4 is 33.5 Å². The molecular weight excluding hydrogens is 324 g/mol. The highest BCUT2D eigenvalue weighted by Crippen LogP contribution is 2.18. The van der Waals surface area contributed by atoms with Gasteiger partial charge in [0.15, 0.2) is 0 Å². The number of carbonyl (C=O) groups excluding carboxylic acids is 1. The van der Waals surface area contributed by atoms with E-state index in [2.05, 4.69) is 20.6 Å². The molecule has 0 aliphatic carbocycles. The smallest absolute Gasteiger partial charge is 0.224 e. The topological polar surface area (TPSA) is 69.8 Å². The number of H-pyrrole nitrogens is 1.